The van der Waals surface area contributed by atoms with Gasteiger partial charge in [-0.15, -0.1) is 0 Å². The van der Waals surface area contributed by atoms with Crippen LogP contribution in [-0.4, -0.2) is 18.4 Å². The number of aryl methyl sites for hydroxylation is 1. The zero-order valence-electron chi connectivity index (χ0n) is 12.5. The summed E-state index contributed by atoms with van der Waals surface area (Å²) in [5, 5.41) is 3.37. The standard InChI is InChI=1S/C17H17ClN2O2/c1-12-4-3-5-15(10-12)19-17(22)11-20(13(2)21)16-8-6-14(18)7-9-16/h3-10H,11H2,1-2H3,(H,19,22). The number of nitrogens with zero attached hydrogens (tertiary/aromatic N) is 1. The molecule has 0 bridgehead atoms. The molecule has 0 saturated carbocycles. The lowest BCUT2D eigenvalue weighted by molar-refractivity contribution is -0.120. The van der Waals surface area contributed by atoms with Crippen molar-refractivity contribution in [3.8, 4) is 0 Å². The van der Waals surface area contributed by atoms with Crippen molar-refractivity contribution < 1.29 is 9.59 Å². The van der Waals surface area contributed by atoms with Crippen LogP contribution in [0.4, 0.5) is 11.4 Å². The average molecular weight is 317 g/mol. The fraction of sp³-hybridized carbons (Fsp3) is 0.176. The highest BCUT2D eigenvalue weighted by Gasteiger charge is 2.15. The molecule has 0 radical (unpaired) electrons. The molecule has 0 atom stereocenters. The highest BCUT2D eigenvalue weighted by Crippen LogP contribution is 2.18. The summed E-state index contributed by atoms with van der Waals surface area (Å²) in [5.74, 6) is -0.461. The molecule has 22 heavy (non-hydrogen) atoms. The van der Waals surface area contributed by atoms with E-state index in [0.29, 0.717) is 16.4 Å². The molecule has 2 amide bonds. The summed E-state index contributed by atoms with van der Waals surface area (Å²) in [6.45, 7) is 3.32. The Bertz CT molecular complexity index is 683. The minimum atomic E-state index is -0.254. The zero-order chi connectivity index (χ0) is 16.1. The van der Waals surface area contributed by atoms with Crippen molar-refractivity contribution in [2.45, 2.75) is 13.8 Å². The van der Waals surface area contributed by atoms with Gasteiger partial charge in [-0.2, -0.15) is 0 Å². The van der Waals surface area contributed by atoms with E-state index >= 15 is 0 Å². The Morgan fingerprint density at radius 2 is 1.82 bits per heavy atom. The minimum absolute atomic E-state index is 0.0507. The van der Waals surface area contributed by atoms with Crippen molar-refractivity contribution in [3.05, 3.63) is 59.1 Å². The van der Waals surface area contributed by atoms with Gasteiger partial charge in [0, 0.05) is 23.3 Å². The second kappa shape index (κ2) is 7.09. The van der Waals surface area contributed by atoms with Crippen LogP contribution >= 0.6 is 11.6 Å². The monoisotopic (exact) mass is 316 g/mol. The number of hydrogen-bond acceptors (Lipinski definition) is 2. The van der Waals surface area contributed by atoms with Gasteiger partial charge < -0.3 is 10.2 Å². The summed E-state index contributed by atoms with van der Waals surface area (Å²) >= 11 is 5.84. The lowest BCUT2D eigenvalue weighted by Gasteiger charge is -2.20. The molecule has 1 N–H and O–H groups in total. The summed E-state index contributed by atoms with van der Waals surface area (Å²) < 4.78 is 0. The first kappa shape index (κ1) is 16.0. The number of hydrogen-bond donors (Lipinski definition) is 1. The number of benzene rings is 2. The van der Waals surface area contributed by atoms with Gasteiger partial charge in [-0.3, -0.25) is 9.59 Å². The summed E-state index contributed by atoms with van der Waals surface area (Å²) in [7, 11) is 0. The van der Waals surface area contributed by atoms with Crippen LogP contribution in [0.5, 0.6) is 0 Å². The predicted octanol–water partition coefficient (Wildman–Crippen LogP) is 3.64. The topological polar surface area (TPSA) is 49.4 Å². The molecule has 0 aromatic heterocycles. The molecule has 2 aromatic carbocycles. The third kappa shape index (κ3) is 4.33. The lowest BCUT2D eigenvalue weighted by Crippen LogP contribution is -2.36. The molecule has 0 aliphatic rings. The molecular formula is C17H17ClN2O2. The maximum absolute atomic E-state index is 12.1. The van der Waals surface area contributed by atoms with Crippen molar-refractivity contribution in [1.82, 2.24) is 0 Å². The largest absolute Gasteiger partial charge is 0.325 e. The van der Waals surface area contributed by atoms with Crippen molar-refractivity contribution in [2.75, 3.05) is 16.8 Å². The number of nitrogens with one attached hydrogen (secondary N) is 1. The molecule has 0 fully saturated rings. The van der Waals surface area contributed by atoms with Crippen molar-refractivity contribution in [3.63, 3.8) is 0 Å². The molecule has 0 aliphatic heterocycles. The number of carbonyl (C=O) groups excluding carboxylic acids is 2. The van der Waals surface area contributed by atoms with E-state index in [2.05, 4.69) is 5.32 Å². The van der Waals surface area contributed by atoms with Crippen LogP contribution in [-0.2, 0) is 9.59 Å². The summed E-state index contributed by atoms with van der Waals surface area (Å²) in [6.07, 6.45) is 0. The maximum Gasteiger partial charge on any atom is 0.244 e. The number of carbonyl (C=O) groups is 2. The Hall–Kier alpha value is -2.33. The summed E-state index contributed by atoms with van der Waals surface area (Å²) in [4.78, 5) is 25.3. The van der Waals surface area contributed by atoms with Gasteiger partial charge in [-0.25, -0.2) is 0 Å². The molecule has 0 aliphatic carbocycles. The normalized spacial score (nSPS) is 10.1. The van der Waals surface area contributed by atoms with E-state index in [1.54, 1.807) is 24.3 Å². The lowest BCUT2D eigenvalue weighted by atomic mass is 10.2. The van der Waals surface area contributed by atoms with E-state index in [1.165, 1.54) is 11.8 Å². The molecule has 2 rings (SSSR count). The fourth-order valence-corrected chi connectivity index (χ4v) is 2.20. The van der Waals surface area contributed by atoms with E-state index in [4.69, 9.17) is 11.6 Å². The second-order valence-corrected chi connectivity index (χ2v) is 5.44. The molecule has 0 saturated heterocycles. The third-order valence-corrected chi connectivity index (χ3v) is 3.37. The highest BCUT2D eigenvalue weighted by molar-refractivity contribution is 6.30. The molecular weight excluding hydrogens is 300 g/mol. The van der Waals surface area contributed by atoms with E-state index in [9.17, 15) is 9.59 Å². The van der Waals surface area contributed by atoms with Gasteiger partial charge in [0.2, 0.25) is 11.8 Å². The molecule has 4 nitrogen and oxygen atoms in total. The minimum Gasteiger partial charge on any atom is -0.325 e. The van der Waals surface area contributed by atoms with Crippen LogP contribution in [0.2, 0.25) is 5.02 Å². The van der Waals surface area contributed by atoms with Crippen molar-refractivity contribution in [2.24, 2.45) is 0 Å². The van der Waals surface area contributed by atoms with E-state index in [0.717, 1.165) is 5.56 Å². The first-order chi connectivity index (χ1) is 10.5. The molecule has 114 valence electrons. The van der Waals surface area contributed by atoms with Crippen LogP contribution < -0.4 is 10.2 Å². The van der Waals surface area contributed by atoms with Gasteiger partial charge >= 0.3 is 0 Å². The predicted molar refractivity (Wildman–Crippen MR) is 89.3 cm³/mol. The van der Waals surface area contributed by atoms with Crippen LogP contribution in [0.1, 0.15) is 12.5 Å². The van der Waals surface area contributed by atoms with E-state index in [-0.39, 0.29) is 18.4 Å². The first-order valence-electron chi connectivity index (χ1n) is 6.86. The highest BCUT2D eigenvalue weighted by atomic mass is 35.5. The SMILES string of the molecule is CC(=O)N(CC(=O)Nc1cccc(C)c1)c1ccc(Cl)cc1. The zero-order valence-corrected chi connectivity index (χ0v) is 13.2. The molecule has 0 unspecified atom stereocenters. The fourth-order valence-electron chi connectivity index (χ4n) is 2.07. The quantitative estimate of drug-likeness (QED) is 0.936. The summed E-state index contributed by atoms with van der Waals surface area (Å²) in [5.41, 5.74) is 2.40. The summed E-state index contributed by atoms with van der Waals surface area (Å²) in [6, 6.07) is 14.3. The Morgan fingerprint density at radius 1 is 1.14 bits per heavy atom. The Morgan fingerprint density at radius 3 is 2.41 bits per heavy atom. The number of anilines is 2. The number of halogens is 1. The molecule has 5 heteroatoms. The van der Waals surface area contributed by atoms with Gasteiger partial charge in [0.05, 0.1) is 0 Å². The second-order valence-electron chi connectivity index (χ2n) is 5.00. The van der Waals surface area contributed by atoms with Gasteiger partial charge in [0.15, 0.2) is 0 Å². The van der Waals surface area contributed by atoms with Crippen LogP contribution in [0.25, 0.3) is 0 Å². The van der Waals surface area contributed by atoms with Crippen LogP contribution in [0.3, 0.4) is 0 Å². The van der Waals surface area contributed by atoms with Gasteiger partial charge in [-0.1, -0.05) is 23.7 Å². The van der Waals surface area contributed by atoms with Crippen LogP contribution in [0, 0.1) is 6.92 Å². The third-order valence-electron chi connectivity index (χ3n) is 3.12. The number of amides is 2. The Balaban J connectivity index is 2.09. The smallest absolute Gasteiger partial charge is 0.244 e. The average Bonchev–Trinajstić information content (AvgIpc) is 2.45. The van der Waals surface area contributed by atoms with E-state index in [1.807, 2.05) is 31.2 Å². The van der Waals surface area contributed by atoms with Gasteiger partial charge in [-0.05, 0) is 48.9 Å². The number of rotatable bonds is 4. The van der Waals surface area contributed by atoms with Gasteiger partial charge in [0.1, 0.15) is 6.54 Å². The maximum atomic E-state index is 12.1. The Kier molecular flexibility index (Phi) is 5.17. The van der Waals surface area contributed by atoms with Crippen molar-refractivity contribution in [1.29, 1.82) is 0 Å². The first-order valence-corrected chi connectivity index (χ1v) is 7.23. The van der Waals surface area contributed by atoms with Gasteiger partial charge in [0.25, 0.3) is 0 Å². The molecule has 0 spiro atoms. The van der Waals surface area contributed by atoms with Crippen LogP contribution in [0.15, 0.2) is 48.5 Å². The van der Waals surface area contributed by atoms with Crippen molar-refractivity contribution >= 4 is 34.8 Å². The Labute approximate surface area is 134 Å². The van der Waals surface area contributed by atoms with E-state index < -0.39 is 0 Å². The molecule has 2 aromatic rings. The molecule has 0 heterocycles.